The number of rotatable bonds is 2. The van der Waals surface area contributed by atoms with E-state index in [0.29, 0.717) is 27.1 Å². The molecule has 37 heavy (non-hydrogen) atoms. The Morgan fingerprint density at radius 3 is 0.730 bits per heavy atom. The molecule has 0 N–H and O–H groups in total. The van der Waals surface area contributed by atoms with E-state index < -0.39 is 0 Å². The molecular formula is C37H80. The Morgan fingerprint density at radius 1 is 0.405 bits per heavy atom. The maximum Gasteiger partial charge on any atom is -0.0354 e. The Balaban J connectivity index is -0.000000401. The van der Waals surface area contributed by atoms with Gasteiger partial charge >= 0.3 is 0 Å². The van der Waals surface area contributed by atoms with Crippen molar-refractivity contribution in [1.82, 2.24) is 0 Å². The third-order valence-electron chi connectivity index (χ3n) is 8.38. The first kappa shape index (κ1) is 41.5. The fourth-order valence-electron chi connectivity index (χ4n) is 4.01. The molecule has 2 saturated carbocycles. The Kier molecular flexibility index (Phi) is 21.5. The van der Waals surface area contributed by atoms with Crippen molar-refractivity contribution < 1.29 is 0 Å². The van der Waals surface area contributed by atoms with Crippen LogP contribution in [0.15, 0.2) is 0 Å². The van der Waals surface area contributed by atoms with Crippen molar-refractivity contribution >= 4 is 0 Å². The highest BCUT2D eigenvalue weighted by molar-refractivity contribution is 4.78. The van der Waals surface area contributed by atoms with Crippen LogP contribution in [0.2, 0.25) is 0 Å². The van der Waals surface area contributed by atoms with Crippen LogP contribution in [0.4, 0.5) is 0 Å². The molecule has 2 aliphatic carbocycles. The van der Waals surface area contributed by atoms with Crippen LogP contribution >= 0.6 is 0 Å². The second-order valence-electron chi connectivity index (χ2n) is 17.8. The maximum absolute atomic E-state index is 2.38. The third kappa shape index (κ3) is 32.1. The molecule has 0 nitrogen and oxygen atoms in total. The standard InChI is InChI=1S/C10H20.C9H18.C7H16.C6H14.C5H12/c1-10(2,3)9-7-5-4-6-8-9;1-9(2,3)8-6-4-5-7-8;1-5-7(3,4)6-2;1-5-6(2,3)4;1-5(2,3)4/h9H,4-8H2,1-3H3;8H,4-7H2,1-3H3;5-6H2,1-4H3;5H2,1-4H3;1-4H3. The van der Waals surface area contributed by atoms with Gasteiger partial charge in [0.1, 0.15) is 0 Å². The molecule has 0 aromatic carbocycles. The minimum Gasteiger partial charge on any atom is -0.0649 e. The van der Waals surface area contributed by atoms with E-state index in [1.165, 1.54) is 77.0 Å². The summed E-state index contributed by atoms with van der Waals surface area (Å²) in [7, 11) is 0. The predicted octanol–water partition coefficient (Wildman–Crippen LogP) is 14.2. The zero-order valence-electron chi connectivity index (χ0n) is 30.1. The van der Waals surface area contributed by atoms with Crippen LogP contribution in [0.3, 0.4) is 0 Å². The van der Waals surface area contributed by atoms with Crippen LogP contribution in [-0.2, 0) is 0 Å². The van der Waals surface area contributed by atoms with E-state index >= 15 is 0 Å². The Hall–Kier alpha value is 0. The van der Waals surface area contributed by atoms with Gasteiger partial charge in [0.2, 0.25) is 0 Å². The molecule has 0 atom stereocenters. The van der Waals surface area contributed by atoms with Crippen LogP contribution in [0.25, 0.3) is 0 Å². The zero-order valence-corrected chi connectivity index (χ0v) is 30.1. The third-order valence-corrected chi connectivity index (χ3v) is 8.38. The minimum absolute atomic E-state index is 0.500. The predicted molar refractivity (Wildman–Crippen MR) is 177 cm³/mol. The lowest BCUT2D eigenvalue weighted by Crippen LogP contribution is -2.22. The molecule has 0 radical (unpaired) electrons. The molecule has 0 aromatic rings. The van der Waals surface area contributed by atoms with Crippen molar-refractivity contribution in [2.24, 2.45) is 38.9 Å². The monoisotopic (exact) mass is 525 g/mol. The van der Waals surface area contributed by atoms with Crippen LogP contribution in [0.5, 0.6) is 0 Å². The number of hydrogen-bond donors (Lipinski definition) is 0. The Bertz CT molecular complexity index is 470. The molecule has 0 spiro atoms. The minimum atomic E-state index is 0.500. The van der Waals surface area contributed by atoms with E-state index in [4.69, 9.17) is 0 Å². The van der Waals surface area contributed by atoms with Gasteiger partial charge in [0.25, 0.3) is 0 Å². The average Bonchev–Trinajstić information content (AvgIpc) is 3.29. The van der Waals surface area contributed by atoms with E-state index in [9.17, 15) is 0 Å². The SMILES string of the molecule is CC(C)(C)C.CC(C)(C)C1CCCC1.CC(C)(C)C1CCCCC1.CCC(C)(C)C.CCC(C)(C)CC. The lowest BCUT2D eigenvalue weighted by Gasteiger charge is -2.33. The van der Waals surface area contributed by atoms with Gasteiger partial charge in [-0.2, -0.15) is 0 Å². The average molecular weight is 525 g/mol. The molecule has 0 amide bonds. The molecule has 0 aliphatic heterocycles. The summed E-state index contributed by atoms with van der Waals surface area (Å²) in [5.74, 6) is 2.01. The van der Waals surface area contributed by atoms with E-state index in [1.807, 2.05) is 0 Å². The van der Waals surface area contributed by atoms with E-state index in [0.717, 1.165) is 11.8 Å². The summed E-state index contributed by atoms with van der Waals surface area (Å²) in [4.78, 5) is 0. The van der Waals surface area contributed by atoms with E-state index in [2.05, 4.69) is 125 Å². The molecule has 0 unspecified atom stereocenters. The molecule has 0 heteroatoms. The normalized spacial score (nSPS) is 17.7. The molecule has 228 valence electrons. The van der Waals surface area contributed by atoms with Gasteiger partial charge in [0, 0.05) is 0 Å². The first-order valence-electron chi connectivity index (χ1n) is 16.4. The van der Waals surface area contributed by atoms with E-state index in [1.54, 1.807) is 0 Å². The van der Waals surface area contributed by atoms with Crippen molar-refractivity contribution in [1.29, 1.82) is 0 Å². The highest BCUT2D eigenvalue weighted by Gasteiger charge is 2.27. The summed E-state index contributed by atoms with van der Waals surface area (Å²) in [5, 5.41) is 0. The largest absolute Gasteiger partial charge is 0.0649 e. The van der Waals surface area contributed by atoms with Crippen LogP contribution in [0.1, 0.15) is 202 Å². The lowest BCUT2D eigenvalue weighted by atomic mass is 9.72. The van der Waals surface area contributed by atoms with Gasteiger partial charge in [0.15, 0.2) is 0 Å². The topological polar surface area (TPSA) is 0 Å². The summed E-state index contributed by atoms with van der Waals surface area (Å²) in [5.41, 5.74) is 2.77. The lowest BCUT2D eigenvalue weighted by molar-refractivity contribution is 0.180. The summed E-state index contributed by atoms with van der Waals surface area (Å²) in [6, 6.07) is 0. The van der Waals surface area contributed by atoms with Gasteiger partial charge in [-0.15, -0.1) is 0 Å². The molecule has 2 fully saturated rings. The van der Waals surface area contributed by atoms with Gasteiger partial charge in [-0.3, -0.25) is 0 Å². The van der Waals surface area contributed by atoms with Gasteiger partial charge in [-0.1, -0.05) is 176 Å². The van der Waals surface area contributed by atoms with Crippen LogP contribution < -0.4 is 0 Å². The highest BCUT2D eigenvalue weighted by atomic mass is 14.3. The van der Waals surface area contributed by atoms with Gasteiger partial charge in [0.05, 0.1) is 0 Å². The second-order valence-corrected chi connectivity index (χ2v) is 17.8. The summed E-state index contributed by atoms with van der Waals surface area (Å²) in [6.07, 6.45) is 17.1. The molecule has 0 aromatic heterocycles. The van der Waals surface area contributed by atoms with Gasteiger partial charge < -0.3 is 0 Å². The molecule has 0 heterocycles. The summed E-state index contributed by atoms with van der Waals surface area (Å²) < 4.78 is 0. The van der Waals surface area contributed by atoms with Gasteiger partial charge in [-0.05, 0) is 64.6 Å². The fourth-order valence-corrected chi connectivity index (χ4v) is 4.01. The van der Waals surface area contributed by atoms with Crippen LogP contribution in [-0.4, -0.2) is 0 Å². The van der Waals surface area contributed by atoms with Crippen molar-refractivity contribution in [3.8, 4) is 0 Å². The number of hydrogen-bond acceptors (Lipinski definition) is 0. The summed E-state index contributed by atoms with van der Waals surface area (Å²) >= 11 is 0. The molecule has 0 bridgehead atoms. The molecule has 2 aliphatic rings. The fraction of sp³-hybridized carbons (Fsp3) is 1.00. The highest BCUT2D eigenvalue weighted by Crippen LogP contribution is 2.39. The first-order chi connectivity index (χ1) is 16.4. The molecular weight excluding hydrogens is 444 g/mol. The van der Waals surface area contributed by atoms with Crippen LogP contribution in [0, 0.1) is 38.9 Å². The Labute approximate surface area is 240 Å². The first-order valence-corrected chi connectivity index (χ1v) is 16.4. The van der Waals surface area contributed by atoms with Crippen molar-refractivity contribution in [3.63, 3.8) is 0 Å². The summed E-state index contributed by atoms with van der Waals surface area (Å²) in [6.45, 7) is 41.0. The van der Waals surface area contributed by atoms with Gasteiger partial charge in [-0.25, -0.2) is 0 Å². The molecule has 2 rings (SSSR count). The Morgan fingerprint density at radius 2 is 0.622 bits per heavy atom. The second kappa shape index (κ2) is 19.1. The van der Waals surface area contributed by atoms with E-state index in [-0.39, 0.29) is 0 Å². The molecule has 0 saturated heterocycles. The van der Waals surface area contributed by atoms with Crippen molar-refractivity contribution in [2.45, 2.75) is 202 Å². The van der Waals surface area contributed by atoms with Crippen molar-refractivity contribution in [2.75, 3.05) is 0 Å². The maximum atomic E-state index is 2.38. The quantitative estimate of drug-likeness (QED) is 0.337. The van der Waals surface area contributed by atoms with Crippen molar-refractivity contribution in [3.05, 3.63) is 0 Å². The smallest absolute Gasteiger partial charge is 0.0354 e. The zero-order chi connectivity index (χ0) is 30.1.